The summed E-state index contributed by atoms with van der Waals surface area (Å²) in [5.41, 5.74) is 3.19. The molecule has 2 N–H and O–H groups in total. The Kier molecular flexibility index (Phi) is 9.12. The molecule has 0 aliphatic heterocycles. The smallest absolute Gasteiger partial charge is 0.322 e. The molecule has 36 heavy (non-hydrogen) atoms. The van der Waals surface area contributed by atoms with Crippen LogP contribution in [0.2, 0.25) is 5.02 Å². The molecule has 3 aromatic rings. The highest BCUT2D eigenvalue weighted by Crippen LogP contribution is 2.26. The van der Waals surface area contributed by atoms with Crippen LogP contribution in [0.3, 0.4) is 0 Å². The van der Waals surface area contributed by atoms with Gasteiger partial charge < -0.3 is 20.3 Å². The standard InChI is InChI=1S/C27H34ClN5O3/c1-19-7-13-22(14-8-19)33-24(17-23(31-33)27(2,3)4)30-25(34)18-32(15-6-16-36-5)26(35)29-21-11-9-20(28)10-12-21/h7-14,17H,6,15-16,18H2,1-5H3,(H,29,35)(H,30,34). The Labute approximate surface area is 217 Å². The topological polar surface area (TPSA) is 88.5 Å². The lowest BCUT2D eigenvalue weighted by Gasteiger charge is -2.22. The predicted molar refractivity (Wildman–Crippen MR) is 144 cm³/mol. The van der Waals surface area contributed by atoms with E-state index in [0.29, 0.717) is 36.1 Å². The second-order valence-electron chi connectivity index (χ2n) is 9.67. The quantitative estimate of drug-likeness (QED) is 0.364. The SMILES string of the molecule is COCCCN(CC(=O)Nc1cc(C(C)(C)C)nn1-c1ccc(C)cc1)C(=O)Nc1ccc(Cl)cc1. The molecule has 3 rings (SSSR count). The summed E-state index contributed by atoms with van der Waals surface area (Å²) in [7, 11) is 1.60. The van der Waals surface area contributed by atoms with Gasteiger partial charge in [-0.15, -0.1) is 0 Å². The lowest BCUT2D eigenvalue weighted by molar-refractivity contribution is -0.116. The number of nitrogens with zero attached hydrogens (tertiary/aromatic N) is 3. The van der Waals surface area contributed by atoms with E-state index in [1.54, 1.807) is 36.1 Å². The number of nitrogens with one attached hydrogen (secondary N) is 2. The number of hydrogen-bond acceptors (Lipinski definition) is 4. The Morgan fingerprint density at radius 3 is 2.33 bits per heavy atom. The molecule has 0 aliphatic carbocycles. The summed E-state index contributed by atoms with van der Waals surface area (Å²) in [6, 6.07) is 16.2. The number of halogens is 1. The van der Waals surface area contributed by atoms with Crippen LogP contribution in [0.4, 0.5) is 16.3 Å². The Morgan fingerprint density at radius 2 is 1.72 bits per heavy atom. The van der Waals surface area contributed by atoms with Crippen molar-refractivity contribution in [3.8, 4) is 5.69 Å². The summed E-state index contributed by atoms with van der Waals surface area (Å²) in [5.74, 6) is 0.219. The minimum Gasteiger partial charge on any atom is -0.385 e. The molecule has 0 bridgehead atoms. The minimum absolute atomic E-state index is 0.132. The van der Waals surface area contributed by atoms with Crippen LogP contribution in [-0.2, 0) is 14.9 Å². The highest BCUT2D eigenvalue weighted by atomic mass is 35.5. The fourth-order valence-electron chi connectivity index (χ4n) is 3.46. The van der Waals surface area contributed by atoms with Gasteiger partial charge in [-0.3, -0.25) is 4.79 Å². The Balaban J connectivity index is 1.79. The van der Waals surface area contributed by atoms with Crippen molar-refractivity contribution < 1.29 is 14.3 Å². The van der Waals surface area contributed by atoms with Crippen LogP contribution in [0.1, 0.15) is 38.4 Å². The summed E-state index contributed by atoms with van der Waals surface area (Å²) in [6.07, 6.45) is 0.591. The van der Waals surface area contributed by atoms with E-state index in [1.807, 2.05) is 37.3 Å². The van der Waals surface area contributed by atoms with Crippen LogP contribution in [-0.4, -0.2) is 53.4 Å². The van der Waals surface area contributed by atoms with Crippen molar-refractivity contribution in [2.45, 2.75) is 39.5 Å². The first-order valence-corrected chi connectivity index (χ1v) is 12.2. The first kappa shape index (κ1) is 27.2. The summed E-state index contributed by atoms with van der Waals surface area (Å²) in [4.78, 5) is 27.6. The Morgan fingerprint density at radius 1 is 1.06 bits per heavy atom. The highest BCUT2D eigenvalue weighted by molar-refractivity contribution is 6.30. The maximum absolute atomic E-state index is 13.1. The van der Waals surface area contributed by atoms with Gasteiger partial charge in [0.2, 0.25) is 5.91 Å². The van der Waals surface area contributed by atoms with Gasteiger partial charge in [0, 0.05) is 42.5 Å². The molecule has 2 aromatic carbocycles. The fraction of sp³-hybridized carbons (Fsp3) is 0.370. The zero-order chi connectivity index (χ0) is 26.3. The van der Waals surface area contributed by atoms with Crippen LogP contribution >= 0.6 is 11.6 Å². The van der Waals surface area contributed by atoms with Gasteiger partial charge in [-0.25, -0.2) is 9.48 Å². The summed E-state index contributed by atoms with van der Waals surface area (Å²) >= 11 is 5.94. The largest absolute Gasteiger partial charge is 0.385 e. The number of rotatable bonds is 9. The van der Waals surface area contributed by atoms with E-state index in [-0.39, 0.29) is 23.9 Å². The average Bonchev–Trinajstić information content (AvgIpc) is 3.24. The first-order valence-electron chi connectivity index (χ1n) is 11.8. The van der Waals surface area contributed by atoms with Gasteiger partial charge in [0.1, 0.15) is 12.4 Å². The molecule has 0 saturated heterocycles. The molecule has 1 heterocycles. The molecule has 0 radical (unpaired) electrons. The van der Waals surface area contributed by atoms with Crippen LogP contribution in [0.25, 0.3) is 5.69 Å². The van der Waals surface area contributed by atoms with E-state index in [1.165, 1.54) is 4.90 Å². The first-order chi connectivity index (χ1) is 17.1. The van der Waals surface area contributed by atoms with Crippen molar-refractivity contribution >= 4 is 35.0 Å². The van der Waals surface area contributed by atoms with Gasteiger partial charge in [-0.2, -0.15) is 5.10 Å². The molecule has 1 aromatic heterocycles. The van der Waals surface area contributed by atoms with Gasteiger partial charge in [0.05, 0.1) is 11.4 Å². The van der Waals surface area contributed by atoms with Gasteiger partial charge >= 0.3 is 6.03 Å². The number of amides is 3. The van der Waals surface area contributed by atoms with Crippen molar-refractivity contribution in [3.05, 3.63) is 70.9 Å². The van der Waals surface area contributed by atoms with E-state index >= 15 is 0 Å². The monoisotopic (exact) mass is 511 g/mol. The normalized spacial score (nSPS) is 11.3. The van der Waals surface area contributed by atoms with E-state index in [0.717, 1.165) is 16.9 Å². The number of aromatic nitrogens is 2. The number of benzene rings is 2. The average molecular weight is 512 g/mol. The number of carbonyl (C=O) groups is 2. The third-order valence-electron chi connectivity index (χ3n) is 5.52. The summed E-state index contributed by atoms with van der Waals surface area (Å²) < 4.78 is 6.85. The summed E-state index contributed by atoms with van der Waals surface area (Å²) in [6.45, 7) is 8.92. The Hall–Kier alpha value is -3.36. The molecule has 0 atom stereocenters. The predicted octanol–water partition coefficient (Wildman–Crippen LogP) is 5.64. The molecule has 0 spiro atoms. The van der Waals surface area contributed by atoms with E-state index in [2.05, 4.69) is 31.4 Å². The molecule has 0 saturated carbocycles. The van der Waals surface area contributed by atoms with E-state index in [4.69, 9.17) is 21.4 Å². The summed E-state index contributed by atoms with van der Waals surface area (Å²) in [5, 5.41) is 11.1. The van der Waals surface area contributed by atoms with Crippen molar-refractivity contribution in [1.29, 1.82) is 0 Å². The van der Waals surface area contributed by atoms with Crippen molar-refractivity contribution in [2.24, 2.45) is 0 Å². The van der Waals surface area contributed by atoms with Gasteiger partial charge in [0.15, 0.2) is 0 Å². The molecular weight excluding hydrogens is 478 g/mol. The number of anilines is 2. The van der Waals surface area contributed by atoms with Crippen molar-refractivity contribution in [1.82, 2.24) is 14.7 Å². The number of methoxy groups -OCH3 is 1. The second-order valence-corrected chi connectivity index (χ2v) is 10.1. The van der Waals surface area contributed by atoms with Gasteiger partial charge in [-0.1, -0.05) is 50.1 Å². The van der Waals surface area contributed by atoms with E-state index in [9.17, 15) is 9.59 Å². The fourth-order valence-corrected chi connectivity index (χ4v) is 3.59. The number of aryl methyl sites for hydroxylation is 1. The lowest BCUT2D eigenvalue weighted by atomic mass is 9.92. The molecular formula is C27H34ClN5O3. The number of carbonyl (C=O) groups excluding carboxylic acids is 2. The van der Waals surface area contributed by atoms with Crippen LogP contribution in [0, 0.1) is 6.92 Å². The molecule has 0 aliphatic rings. The maximum atomic E-state index is 13.1. The second kappa shape index (κ2) is 12.1. The number of ether oxygens (including phenoxy) is 1. The van der Waals surface area contributed by atoms with Crippen LogP contribution in [0.15, 0.2) is 54.6 Å². The molecule has 0 fully saturated rings. The number of hydrogen-bond donors (Lipinski definition) is 2. The maximum Gasteiger partial charge on any atom is 0.322 e. The molecule has 192 valence electrons. The third-order valence-corrected chi connectivity index (χ3v) is 5.77. The zero-order valence-electron chi connectivity index (χ0n) is 21.5. The lowest BCUT2D eigenvalue weighted by Crippen LogP contribution is -2.41. The molecule has 0 unspecified atom stereocenters. The van der Waals surface area contributed by atoms with Crippen molar-refractivity contribution in [2.75, 3.05) is 37.4 Å². The zero-order valence-corrected chi connectivity index (χ0v) is 22.2. The highest BCUT2D eigenvalue weighted by Gasteiger charge is 2.23. The molecule has 8 nitrogen and oxygen atoms in total. The number of urea groups is 1. The Bertz CT molecular complexity index is 1170. The van der Waals surface area contributed by atoms with Crippen LogP contribution in [0.5, 0.6) is 0 Å². The van der Waals surface area contributed by atoms with Crippen molar-refractivity contribution in [3.63, 3.8) is 0 Å². The molecule has 9 heteroatoms. The van der Waals surface area contributed by atoms with Gasteiger partial charge in [0.25, 0.3) is 0 Å². The third kappa shape index (κ3) is 7.57. The minimum atomic E-state index is -0.383. The molecule has 3 amide bonds. The van der Waals surface area contributed by atoms with Gasteiger partial charge in [-0.05, 0) is 49.7 Å². The van der Waals surface area contributed by atoms with Crippen LogP contribution < -0.4 is 10.6 Å². The van der Waals surface area contributed by atoms with E-state index < -0.39 is 0 Å².